The quantitative estimate of drug-likeness (QED) is 0.789. The lowest BCUT2D eigenvalue weighted by Gasteiger charge is -2.30. The zero-order valence-electron chi connectivity index (χ0n) is 16.2. The lowest BCUT2D eigenvalue weighted by atomic mass is 9.96. The smallest absolute Gasteiger partial charge is 0.129 e. The van der Waals surface area contributed by atoms with E-state index in [1.54, 1.807) is 14.2 Å². The fraction of sp³-hybridized carbons (Fsp3) is 0.700. The van der Waals surface area contributed by atoms with Gasteiger partial charge in [0.25, 0.3) is 0 Å². The Morgan fingerprint density at radius 1 is 1.08 bits per heavy atom. The largest absolute Gasteiger partial charge is 0.496 e. The van der Waals surface area contributed by atoms with Crippen molar-refractivity contribution in [2.75, 3.05) is 66.8 Å². The normalized spacial score (nSPS) is 24.8. The van der Waals surface area contributed by atoms with Crippen molar-refractivity contribution < 1.29 is 19.3 Å². The Morgan fingerprint density at radius 3 is 2.46 bits per heavy atom. The van der Waals surface area contributed by atoms with Crippen LogP contribution < -0.4 is 9.47 Å². The lowest BCUT2D eigenvalue weighted by Crippen LogP contribution is -2.41. The second-order valence-corrected chi connectivity index (χ2v) is 7.39. The van der Waals surface area contributed by atoms with Crippen molar-refractivity contribution in [3.63, 3.8) is 0 Å². The molecule has 2 saturated heterocycles. The van der Waals surface area contributed by atoms with Crippen molar-refractivity contribution in [2.45, 2.75) is 13.5 Å². The lowest BCUT2D eigenvalue weighted by molar-refractivity contribution is 0.0264. The molecule has 2 aliphatic rings. The number of ether oxygens (including phenoxy) is 3. The van der Waals surface area contributed by atoms with Gasteiger partial charge in [0.2, 0.25) is 0 Å². The molecule has 0 amide bonds. The predicted molar refractivity (Wildman–Crippen MR) is 101 cm³/mol. The Bertz CT molecular complexity index is 589. The predicted octanol–water partition coefficient (Wildman–Crippen LogP) is 1.38. The second kappa shape index (κ2) is 9.04. The average Bonchev–Trinajstić information content (AvgIpc) is 3.04. The maximum atomic E-state index is 9.85. The minimum absolute atomic E-state index is 0.254. The summed E-state index contributed by atoms with van der Waals surface area (Å²) in [6.07, 6.45) is 0. The van der Waals surface area contributed by atoms with Crippen LogP contribution in [-0.2, 0) is 11.3 Å². The SMILES string of the molecule is COc1ccc(CN2C[C@@H](CN3CCOCC3)[C@@H](CO)C2)c(OC)c1C. The fourth-order valence-corrected chi connectivity index (χ4v) is 4.29. The molecule has 0 saturated carbocycles. The molecule has 0 unspecified atom stereocenters. The molecule has 6 nitrogen and oxygen atoms in total. The highest BCUT2D eigenvalue weighted by molar-refractivity contribution is 5.49. The zero-order chi connectivity index (χ0) is 18.5. The van der Waals surface area contributed by atoms with Crippen LogP contribution in [0.4, 0.5) is 0 Å². The van der Waals surface area contributed by atoms with Crippen molar-refractivity contribution >= 4 is 0 Å². The zero-order valence-corrected chi connectivity index (χ0v) is 16.2. The molecule has 1 aromatic rings. The highest BCUT2D eigenvalue weighted by atomic mass is 16.5. The minimum atomic E-state index is 0.254. The third kappa shape index (κ3) is 4.31. The molecule has 0 aliphatic carbocycles. The van der Waals surface area contributed by atoms with Crippen molar-refractivity contribution in [2.24, 2.45) is 11.8 Å². The van der Waals surface area contributed by atoms with Gasteiger partial charge in [-0.25, -0.2) is 0 Å². The molecule has 2 atom stereocenters. The summed E-state index contributed by atoms with van der Waals surface area (Å²) in [6.45, 7) is 9.75. The van der Waals surface area contributed by atoms with E-state index in [4.69, 9.17) is 14.2 Å². The second-order valence-electron chi connectivity index (χ2n) is 7.39. The van der Waals surface area contributed by atoms with E-state index in [1.807, 2.05) is 13.0 Å². The summed E-state index contributed by atoms with van der Waals surface area (Å²) in [5.74, 6) is 2.60. The molecular formula is C20H32N2O4. The average molecular weight is 364 g/mol. The first-order valence-electron chi connectivity index (χ1n) is 9.50. The van der Waals surface area contributed by atoms with Crippen LogP contribution in [0.1, 0.15) is 11.1 Å². The van der Waals surface area contributed by atoms with E-state index < -0.39 is 0 Å². The molecule has 2 fully saturated rings. The van der Waals surface area contributed by atoms with E-state index in [2.05, 4.69) is 15.9 Å². The molecule has 2 aliphatic heterocycles. The summed E-state index contributed by atoms with van der Waals surface area (Å²) in [4.78, 5) is 4.91. The third-order valence-corrected chi connectivity index (χ3v) is 5.74. The van der Waals surface area contributed by atoms with Crippen LogP contribution >= 0.6 is 0 Å². The molecule has 0 radical (unpaired) electrons. The number of aliphatic hydroxyl groups is 1. The van der Waals surface area contributed by atoms with Crippen LogP contribution in [0.3, 0.4) is 0 Å². The first-order chi connectivity index (χ1) is 12.7. The molecule has 2 heterocycles. The van der Waals surface area contributed by atoms with E-state index in [1.165, 1.54) is 5.56 Å². The van der Waals surface area contributed by atoms with Crippen molar-refractivity contribution in [3.8, 4) is 11.5 Å². The monoisotopic (exact) mass is 364 g/mol. The molecule has 0 spiro atoms. The summed E-state index contributed by atoms with van der Waals surface area (Å²) >= 11 is 0. The van der Waals surface area contributed by atoms with Crippen LogP contribution in [0.25, 0.3) is 0 Å². The van der Waals surface area contributed by atoms with Gasteiger partial charge in [-0.3, -0.25) is 9.80 Å². The van der Waals surface area contributed by atoms with Gasteiger partial charge in [0.1, 0.15) is 11.5 Å². The van der Waals surface area contributed by atoms with Gasteiger partial charge in [-0.1, -0.05) is 6.07 Å². The number of likely N-dealkylation sites (tertiary alicyclic amines) is 1. The van der Waals surface area contributed by atoms with Gasteiger partial charge in [0.15, 0.2) is 0 Å². The first-order valence-corrected chi connectivity index (χ1v) is 9.50. The van der Waals surface area contributed by atoms with E-state index in [9.17, 15) is 5.11 Å². The van der Waals surface area contributed by atoms with Crippen molar-refractivity contribution in [1.29, 1.82) is 0 Å². The molecule has 26 heavy (non-hydrogen) atoms. The molecule has 0 aromatic heterocycles. The van der Waals surface area contributed by atoms with Crippen LogP contribution in [0.2, 0.25) is 0 Å². The molecule has 0 bridgehead atoms. The van der Waals surface area contributed by atoms with Gasteiger partial charge in [0.05, 0.1) is 27.4 Å². The number of nitrogens with zero attached hydrogens (tertiary/aromatic N) is 2. The van der Waals surface area contributed by atoms with E-state index in [0.717, 1.165) is 69.5 Å². The molecule has 3 rings (SSSR count). The Kier molecular flexibility index (Phi) is 6.75. The summed E-state index contributed by atoms with van der Waals surface area (Å²) in [5, 5.41) is 9.85. The summed E-state index contributed by atoms with van der Waals surface area (Å²) in [5.41, 5.74) is 2.21. The van der Waals surface area contributed by atoms with Gasteiger partial charge >= 0.3 is 0 Å². The van der Waals surface area contributed by atoms with Crippen LogP contribution in [0.5, 0.6) is 11.5 Å². The molecule has 1 N–H and O–H groups in total. The number of hydrogen-bond acceptors (Lipinski definition) is 6. The van der Waals surface area contributed by atoms with Crippen LogP contribution in [-0.4, -0.2) is 81.7 Å². The van der Waals surface area contributed by atoms with Gasteiger partial charge in [-0.15, -0.1) is 0 Å². The van der Waals surface area contributed by atoms with Gasteiger partial charge < -0.3 is 19.3 Å². The maximum Gasteiger partial charge on any atom is 0.129 e. The Hall–Kier alpha value is -1.34. The third-order valence-electron chi connectivity index (χ3n) is 5.74. The standard InChI is InChI=1S/C20H32N2O4/c1-15-19(24-2)5-4-16(20(15)25-3)10-22-12-17(18(13-22)14-23)11-21-6-8-26-9-7-21/h4-5,17-18,23H,6-14H2,1-3H3/t17-,18-/m1/s1. The van der Waals surface area contributed by atoms with Crippen LogP contribution in [0.15, 0.2) is 12.1 Å². The van der Waals surface area contributed by atoms with Crippen molar-refractivity contribution in [3.05, 3.63) is 23.3 Å². The van der Waals surface area contributed by atoms with Crippen LogP contribution in [0, 0.1) is 18.8 Å². The van der Waals surface area contributed by atoms with Crippen molar-refractivity contribution in [1.82, 2.24) is 9.80 Å². The summed E-state index contributed by atoms with van der Waals surface area (Å²) < 4.78 is 16.5. The minimum Gasteiger partial charge on any atom is -0.496 e. The Morgan fingerprint density at radius 2 is 1.81 bits per heavy atom. The number of aliphatic hydroxyl groups excluding tert-OH is 1. The van der Waals surface area contributed by atoms with Gasteiger partial charge in [0, 0.05) is 57.0 Å². The number of rotatable bonds is 7. The highest BCUT2D eigenvalue weighted by Crippen LogP contribution is 2.34. The Labute approximate surface area is 156 Å². The van der Waals surface area contributed by atoms with E-state index in [-0.39, 0.29) is 6.61 Å². The topological polar surface area (TPSA) is 54.4 Å². The van der Waals surface area contributed by atoms with E-state index >= 15 is 0 Å². The number of hydrogen-bond donors (Lipinski definition) is 1. The first kappa shape index (κ1) is 19.4. The number of benzene rings is 1. The summed E-state index contributed by atoms with van der Waals surface area (Å²) in [7, 11) is 3.40. The molecule has 146 valence electrons. The van der Waals surface area contributed by atoms with Gasteiger partial charge in [-0.05, 0) is 24.8 Å². The highest BCUT2D eigenvalue weighted by Gasteiger charge is 2.34. The molecular weight excluding hydrogens is 332 g/mol. The fourth-order valence-electron chi connectivity index (χ4n) is 4.29. The van der Waals surface area contributed by atoms with E-state index in [0.29, 0.717) is 11.8 Å². The van der Waals surface area contributed by atoms with Gasteiger partial charge in [-0.2, -0.15) is 0 Å². The number of morpholine rings is 1. The summed E-state index contributed by atoms with van der Waals surface area (Å²) in [6, 6.07) is 4.10. The number of methoxy groups -OCH3 is 2. The molecule has 1 aromatic carbocycles. The Balaban J connectivity index is 1.66. The molecule has 6 heteroatoms. The maximum absolute atomic E-state index is 9.85.